The van der Waals surface area contributed by atoms with Crippen LogP contribution in [0.4, 0.5) is 9.18 Å². The van der Waals surface area contributed by atoms with Crippen molar-refractivity contribution in [2.75, 3.05) is 11.6 Å². The van der Waals surface area contributed by atoms with Crippen LogP contribution >= 0.6 is 11.8 Å². The minimum Gasteiger partial charge on any atom is -0.335 e. The van der Waals surface area contributed by atoms with Crippen molar-refractivity contribution in [1.29, 1.82) is 0 Å². The number of imide groups is 1. The Hall–Kier alpha value is -3.40. The van der Waals surface area contributed by atoms with Crippen LogP contribution in [-0.4, -0.2) is 32.6 Å². The van der Waals surface area contributed by atoms with Crippen LogP contribution in [0.2, 0.25) is 0 Å². The molecule has 1 aromatic heterocycles. The number of aromatic nitrogens is 3. The summed E-state index contributed by atoms with van der Waals surface area (Å²) < 4.78 is 15.1. The van der Waals surface area contributed by atoms with Gasteiger partial charge in [-0.3, -0.25) is 10.1 Å². The fourth-order valence-electron chi connectivity index (χ4n) is 2.45. The standard InChI is InChI=1S/C19H19FN6O2S/c20-15-9-5-4-8-14(15)17-24-25-19(26(17)21)29-11-10-16(27)23-18(28)22-12-13-6-2-1-3-7-13/h1-9H,10-12,21H2,(H2,22,23,27,28). The average Bonchev–Trinajstić information content (AvgIpc) is 3.08. The van der Waals surface area contributed by atoms with Gasteiger partial charge < -0.3 is 11.2 Å². The predicted octanol–water partition coefficient (Wildman–Crippen LogP) is 2.31. The highest BCUT2D eigenvalue weighted by Crippen LogP contribution is 2.23. The molecule has 0 aliphatic rings. The maximum absolute atomic E-state index is 13.9. The molecule has 3 rings (SSSR count). The number of nitrogens with one attached hydrogen (secondary N) is 2. The Labute approximate surface area is 170 Å². The molecule has 150 valence electrons. The molecule has 0 radical (unpaired) electrons. The molecule has 0 saturated carbocycles. The molecular weight excluding hydrogens is 395 g/mol. The third-order valence-corrected chi connectivity index (χ3v) is 4.83. The Kier molecular flexibility index (Phi) is 6.80. The van der Waals surface area contributed by atoms with E-state index >= 15 is 0 Å². The number of urea groups is 1. The molecule has 8 nitrogen and oxygen atoms in total. The van der Waals surface area contributed by atoms with Crippen molar-refractivity contribution in [3.05, 3.63) is 66.0 Å². The van der Waals surface area contributed by atoms with Gasteiger partial charge in [0.1, 0.15) is 5.82 Å². The third-order valence-electron chi connectivity index (χ3n) is 3.89. The van der Waals surface area contributed by atoms with E-state index in [1.54, 1.807) is 18.2 Å². The lowest BCUT2D eigenvalue weighted by molar-refractivity contribution is -0.119. The number of thioether (sulfide) groups is 1. The summed E-state index contributed by atoms with van der Waals surface area (Å²) in [5, 5.41) is 13.1. The Balaban J connectivity index is 1.45. The van der Waals surface area contributed by atoms with Crippen LogP contribution in [0.1, 0.15) is 12.0 Å². The molecular formula is C19H19FN6O2S. The lowest BCUT2D eigenvalue weighted by Crippen LogP contribution is -2.39. The van der Waals surface area contributed by atoms with E-state index < -0.39 is 17.8 Å². The second-order valence-electron chi connectivity index (χ2n) is 5.97. The highest BCUT2D eigenvalue weighted by atomic mass is 32.2. The van der Waals surface area contributed by atoms with Gasteiger partial charge in [-0.2, -0.15) is 0 Å². The van der Waals surface area contributed by atoms with Gasteiger partial charge in [0.2, 0.25) is 11.1 Å². The van der Waals surface area contributed by atoms with Gasteiger partial charge in [-0.15, -0.1) is 10.2 Å². The van der Waals surface area contributed by atoms with Gasteiger partial charge in [0.05, 0.1) is 5.56 Å². The summed E-state index contributed by atoms with van der Waals surface area (Å²) in [4.78, 5) is 23.7. The zero-order valence-corrected chi connectivity index (χ0v) is 16.2. The minimum absolute atomic E-state index is 0.0747. The number of nitrogen functional groups attached to an aromatic ring is 1. The van der Waals surface area contributed by atoms with Crippen molar-refractivity contribution in [3.63, 3.8) is 0 Å². The number of benzene rings is 2. The van der Waals surface area contributed by atoms with Gasteiger partial charge in [-0.1, -0.05) is 54.2 Å². The number of nitrogens with two attached hydrogens (primary N) is 1. The van der Waals surface area contributed by atoms with Crippen molar-refractivity contribution in [3.8, 4) is 11.4 Å². The number of carbonyl (C=O) groups is 2. The van der Waals surface area contributed by atoms with Crippen LogP contribution in [0.25, 0.3) is 11.4 Å². The molecule has 0 bridgehead atoms. The monoisotopic (exact) mass is 414 g/mol. The molecule has 29 heavy (non-hydrogen) atoms. The first-order chi connectivity index (χ1) is 14.0. The molecule has 0 aliphatic heterocycles. The molecule has 3 aromatic rings. The second kappa shape index (κ2) is 9.69. The van der Waals surface area contributed by atoms with E-state index in [1.807, 2.05) is 30.3 Å². The van der Waals surface area contributed by atoms with Crippen LogP contribution in [0.3, 0.4) is 0 Å². The van der Waals surface area contributed by atoms with E-state index in [0.29, 0.717) is 17.5 Å². The summed E-state index contributed by atoms with van der Waals surface area (Å²) in [6.45, 7) is 0.323. The van der Waals surface area contributed by atoms with E-state index in [1.165, 1.54) is 22.5 Å². The number of hydrogen-bond acceptors (Lipinski definition) is 6. The van der Waals surface area contributed by atoms with Crippen molar-refractivity contribution >= 4 is 23.7 Å². The SMILES string of the molecule is Nn1c(SCCC(=O)NC(=O)NCc2ccccc2)nnc1-c1ccccc1F. The Morgan fingerprint density at radius 2 is 1.79 bits per heavy atom. The molecule has 0 aliphatic carbocycles. The predicted molar refractivity (Wildman–Crippen MR) is 108 cm³/mol. The maximum atomic E-state index is 13.9. The number of nitrogens with zero attached hydrogens (tertiary/aromatic N) is 3. The molecule has 0 atom stereocenters. The lowest BCUT2D eigenvalue weighted by Gasteiger charge is -2.07. The van der Waals surface area contributed by atoms with Crippen molar-refractivity contribution in [2.45, 2.75) is 18.1 Å². The highest BCUT2D eigenvalue weighted by Gasteiger charge is 2.16. The summed E-state index contributed by atoms with van der Waals surface area (Å²) in [6, 6.07) is 14.9. The van der Waals surface area contributed by atoms with E-state index in [9.17, 15) is 14.0 Å². The van der Waals surface area contributed by atoms with Gasteiger partial charge in [0.15, 0.2) is 5.82 Å². The normalized spacial score (nSPS) is 10.5. The number of carbonyl (C=O) groups excluding carboxylic acids is 2. The second-order valence-corrected chi connectivity index (χ2v) is 7.03. The van der Waals surface area contributed by atoms with Crippen molar-refractivity contribution in [2.24, 2.45) is 0 Å². The van der Waals surface area contributed by atoms with Crippen LogP contribution in [0.15, 0.2) is 59.8 Å². The van der Waals surface area contributed by atoms with Gasteiger partial charge >= 0.3 is 6.03 Å². The van der Waals surface area contributed by atoms with Gasteiger partial charge in [0, 0.05) is 18.7 Å². The quantitative estimate of drug-likeness (QED) is 0.404. The summed E-state index contributed by atoms with van der Waals surface area (Å²) in [5.41, 5.74) is 1.17. The molecule has 2 aromatic carbocycles. The zero-order valence-electron chi connectivity index (χ0n) is 15.3. The highest BCUT2D eigenvalue weighted by molar-refractivity contribution is 7.99. The summed E-state index contributed by atoms with van der Waals surface area (Å²) >= 11 is 1.18. The van der Waals surface area contributed by atoms with Crippen LogP contribution in [0, 0.1) is 5.82 Å². The number of hydrogen-bond donors (Lipinski definition) is 3. The number of amides is 3. The summed E-state index contributed by atoms with van der Waals surface area (Å²) in [5.74, 6) is 5.57. The third kappa shape index (κ3) is 5.55. The maximum Gasteiger partial charge on any atom is 0.321 e. The van der Waals surface area contributed by atoms with Crippen LogP contribution in [-0.2, 0) is 11.3 Å². The largest absolute Gasteiger partial charge is 0.335 e. The summed E-state index contributed by atoms with van der Waals surface area (Å²) in [6.07, 6.45) is 0.0747. The fraction of sp³-hybridized carbons (Fsp3) is 0.158. The molecule has 1 heterocycles. The van der Waals surface area contributed by atoms with E-state index in [-0.39, 0.29) is 17.8 Å². The Bertz CT molecular complexity index is 995. The first kappa shape index (κ1) is 20.3. The Morgan fingerprint density at radius 1 is 1.07 bits per heavy atom. The smallest absolute Gasteiger partial charge is 0.321 e. The molecule has 3 amide bonds. The molecule has 0 saturated heterocycles. The van der Waals surface area contributed by atoms with E-state index in [0.717, 1.165) is 5.56 Å². The molecule has 4 N–H and O–H groups in total. The number of halogens is 1. The molecule has 0 spiro atoms. The topological polar surface area (TPSA) is 115 Å². The van der Waals surface area contributed by atoms with E-state index in [2.05, 4.69) is 20.8 Å². The Morgan fingerprint density at radius 3 is 2.55 bits per heavy atom. The first-order valence-electron chi connectivity index (χ1n) is 8.74. The molecule has 0 unspecified atom stereocenters. The first-order valence-corrected chi connectivity index (χ1v) is 9.73. The van der Waals surface area contributed by atoms with Gasteiger partial charge in [-0.25, -0.2) is 13.9 Å². The lowest BCUT2D eigenvalue weighted by atomic mass is 10.2. The van der Waals surface area contributed by atoms with Crippen molar-refractivity contribution < 1.29 is 14.0 Å². The van der Waals surface area contributed by atoms with Crippen LogP contribution < -0.4 is 16.5 Å². The summed E-state index contributed by atoms with van der Waals surface area (Å²) in [7, 11) is 0. The zero-order chi connectivity index (χ0) is 20.6. The minimum atomic E-state index is -0.562. The fourth-order valence-corrected chi connectivity index (χ4v) is 3.24. The van der Waals surface area contributed by atoms with Crippen molar-refractivity contribution in [1.82, 2.24) is 25.5 Å². The molecule has 0 fully saturated rings. The van der Waals surface area contributed by atoms with E-state index in [4.69, 9.17) is 5.84 Å². The number of rotatable bonds is 7. The van der Waals surface area contributed by atoms with Gasteiger partial charge in [0.25, 0.3) is 0 Å². The average molecular weight is 414 g/mol. The molecule has 10 heteroatoms. The van der Waals surface area contributed by atoms with Gasteiger partial charge in [-0.05, 0) is 17.7 Å². The van der Waals surface area contributed by atoms with Crippen LogP contribution in [0.5, 0.6) is 0 Å².